The molecule has 0 aliphatic heterocycles. The Morgan fingerprint density at radius 2 is 2.20 bits per heavy atom. The minimum Gasteiger partial charge on any atom is -0.330 e. The maximum Gasteiger partial charge on any atom is 0.254 e. The van der Waals surface area contributed by atoms with Crippen LogP contribution in [0, 0.1) is 5.41 Å². The Kier molecular flexibility index (Phi) is 2.38. The highest BCUT2D eigenvalue weighted by Gasteiger charge is 2.31. The molecule has 4 nitrogen and oxygen atoms in total. The Balaban J connectivity index is 2.42. The van der Waals surface area contributed by atoms with E-state index in [1.807, 2.05) is 0 Å². The fourth-order valence-electron chi connectivity index (χ4n) is 2.17. The standard InChI is InChI=1S/C11H17N3O/c1-11(2)5-7-8(6-11)13-9(3-4-12)14-10(7)15/h3-6,12H2,1-2H3,(H,13,14,15). The SMILES string of the molecule is CC1(C)Cc2nc(CCN)[nH]c(=O)c2C1. The average molecular weight is 207 g/mol. The second-order valence-corrected chi connectivity index (χ2v) is 4.99. The highest BCUT2D eigenvalue weighted by molar-refractivity contribution is 5.26. The molecule has 0 radical (unpaired) electrons. The van der Waals surface area contributed by atoms with Gasteiger partial charge in [-0.25, -0.2) is 4.98 Å². The molecule has 0 aromatic carbocycles. The van der Waals surface area contributed by atoms with Gasteiger partial charge in [0.25, 0.3) is 5.56 Å². The fraction of sp³-hybridized carbons (Fsp3) is 0.636. The Hall–Kier alpha value is -1.16. The molecular weight excluding hydrogens is 190 g/mol. The molecule has 4 heteroatoms. The molecule has 1 heterocycles. The molecule has 0 saturated heterocycles. The van der Waals surface area contributed by atoms with Crippen LogP contribution in [0.15, 0.2) is 4.79 Å². The molecule has 0 spiro atoms. The van der Waals surface area contributed by atoms with E-state index >= 15 is 0 Å². The van der Waals surface area contributed by atoms with E-state index in [4.69, 9.17) is 5.73 Å². The molecule has 0 saturated carbocycles. The Labute approximate surface area is 88.9 Å². The summed E-state index contributed by atoms with van der Waals surface area (Å²) in [5, 5.41) is 0. The van der Waals surface area contributed by atoms with Gasteiger partial charge in [-0.3, -0.25) is 4.79 Å². The fourth-order valence-corrected chi connectivity index (χ4v) is 2.17. The van der Waals surface area contributed by atoms with Gasteiger partial charge in [0.05, 0.1) is 5.69 Å². The summed E-state index contributed by atoms with van der Waals surface area (Å²) in [7, 11) is 0. The van der Waals surface area contributed by atoms with Gasteiger partial charge >= 0.3 is 0 Å². The topological polar surface area (TPSA) is 71.8 Å². The molecule has 0 amide bonds. The minimum absolute atomic E-state index is 0.0222. The zero-order valence-electron chi connectivity index (χ0n) is 9.26. The maximum absolute atomic E-state index is 11.8. The minimum atomic E-state index is 0.0222. The van der Waals surface area contributed by atoms with E-state index in [9.17, 15) is 4.79 Å². The van der Waals surface area contributed by atoms with E-state index in [1.165, 1.54) is 0 Å². The number of rotatable bonds is 2. The molecule has 1 aromatic heterocycles. The first kappa shape index (κ1) is 10.4. The van der Waals surface area contributed by atoms with Gasteiger partial charge in [0.15, 0.2) is 0 Å². The van der Waals surface area contributed by atoms with Crippen LogP contribution in [0.25, 0.3) is 0 Å². The zero-order chi connectivity index (χ0) is 11.1. The normalized spacial score (nSPS) is 17.8. The monoisotopic (exact) mass is 207 g/mol. The highest BCUT2D eigenvalue weighted by atomic mass is 16.1. The number of nitrogens with two attached hydrogens (primary N) is 1. The first-order valence-electron chi connectivity index (χ1n) is 5.33. The van der Waals surface area contributed by atoms with Crippen molar-refractivity contribution in [2.45, 2.75) is 33.1 Å². The number of fused-ring (bicyclic) bond motifs is 1. The lowest BCUT2D eigenvalue weighted by Gasteiger charge is -2.13. The van der Waals surface area contributed by atoms with Crippen molar-refractivity contribution in [3.63, 3.8) is 0 Å². The molecule has 1 aliphatic carbocycles. The van der Waals surface area contributed by atoms with Crippen LogP contribution in [0.3, 0.4) is 0 Å². The van der Waals surface area contributed by atoms with Crippen molar-refractivity contribution in [3.05, 3.63) is 27.4 Å². The van der Waals surface area contributed by atoms with Crippen LogP contribution >= 0.6 is 0 Å². The van der Waals surface area contributed by atoms with Gasteiger partial charge < -0.3 is 10.7 Å². The van der Waals surface area contributed by atoms with Gasteiger partial charge in [0.2, 0.25) is 0 Å². The third-order valence-electron chi connectivity index (χ3n) is 2.83. The average Bonchev–Trinajstić information content (AvgIpc) is 2.41. The lowest BCUT2D eigenvalue weighted by molar-refractivity contribution is 0.390. The summed E-state index contributed by atoms with van der Waals surface area (Å²) < 4.78 is 0. The van der Waals surface area contributed by atoms with Gasteiger partial charge in [-0.2, -0.15) is 0 Å². The van der Waals surface area contributed by atoms with Gasteiger partial charge in [-0.15, -0.1) is 0 Å². The highest BCUT2D eigenvalue weighted by Crippen LogP contribution is 2.32. The summed E-state index contributed by atoms with van der Waals surface area (Å²) in [6, 6.07) is 0. The summed E-state index contributed by atoms with van der Waals surface area (Å²) in [6.45, 7) is 4.85. The number of hydrogen-bond donors (Lipinski definition) is 2. The zero-order valence-corrected chi connectivity index (χ0v) is 9.26. The lowest BCUT2D eigenvalue weighted by atomic mass is 9.91. The second kappa shape index (κ2) is 3.45. The van der Waals surface area contributed by atoms with E-state index in [2.05, 4.69) is 23.8 Å². The van der Waals surface area contributed by atoms with E-state index < -0.39 is 0 Å². The first-order valence-corrected chi connectivity index (χ1v) is 5.33. The third kappa shape index (κ3) is 1.95. The summed E-state index contributed by atoms with van der Waals surface area (Å²) in [5.41, 5.74) is 7.47. The number of aromatic nitrogens is 2. The Morgan fingerprint density at radius 3 is 2.87 bits per heavy atom. The van der Waals surface area contributed by atoms with Crippen molar-refractivity contribution >= 4 is 0 Å². The Morgan fingerprint density at radius 1 is 1.47 bits per heavy atom. The summed E-state index contributed by atoms with van der Waals surface area (Å²) in [6.07, 6.45) is 2.36. The van der Waals surface area contributed by atoms with Crippen LogP contribution in [0.5, 0.6) is 0 Å². The molecule has 3 N–H and O–H groups in total. The summed E-state index contributed by atoms with van der Waals surface area (Å²) in [4.78, 5) is 19.0. The summed E-state index contributed by atoms with van der Waals surface area (Å²) >= 11 is 0. The van der Waals surface area contributed by atoms with Gasteiger partial charge in [-0.05, 0) is 24.8 Å². The van der Waals surface area contributed by atoms with Crippen molar-refractivity contribution in [1.82, 2.24) is 9.97 Å². The van der Waals surface area contributed by atoms with Crippen molar-refractivity contribution in [2.24, 2.45) is 11.1 Å². The molecule has 0 bridgehead atoms. The van der Waals surface area contributed by atoms with Crippen LogP contribution in [0.4, 0.5) is 0 Å². The summed E-state index contributed by atoms with van der Waals surface area (Å²) in [5.74, 6) is 0.721. The van der Waals surface area contributed by atoms with E-state index in [0.29, 0.717) is 13.0 Å². The van der Waals surface area contributed by atoms with E-state index in [1.54, 1.807) is 0 Å². The van der Waals surface area contributed by atoms with Crippen molar-refractivity contribution < 1.29 is 0 Å². The predicted molar refractivity (Wildman–Crippen MR) is 58.8 cm³/mol. The molecule has 0 atom stereocenters. The smallest absolute Gasteiger partial charge is 0.254 e. The van der Waals surface area contributed by atoms with Crippen LogP contribution in [-0.4, -0.2) is 16.5 Å². The molecular formula is C11H17N3O. The second-order valence-electron chi connectivity index (χ2n) is 4.99. The quantitative estimate of drug-likeness (QED) is 0.737. The third-order valence-corrected chi connectivity index (χ3v) is 2.83. The van der Waals surface area contributed by atoms with Crippen LogP contribution < -0.4 is 11.3 Å². The molecule has 15 heavy (non-hydrogen) atoms. The molecule has 1 aliphatic rings. The largest absolute Gasteiger partial charge is 0.330 e. The number of hydrogen-bond acceptors (Lipinski definition) is 3. The van der Waals surface area contributed by atoms with E-state index in [-0.39, 0.29) is 11.0 Å². The van der Waals surface area contributed by atoms with Crippen LogP contribution in [0.2, 0.25) is 0 Å². The van der Waals surface area contributed by atoms with E-state index in [0.717, 1.165) is 29.9 Å². The maximum atomic E-state index is 11.8. The number of H-pyrrole nitrogens is 1. The Bertz CT molecular complexity index is 434. The number of nitrogens with zero attached hydrogens (tertiary/aromatic N) is 1. The molecule has 1 aromatic rings. The molecule has 0 unspecified atom stereocenters. The lowest BCUT2D eigenvalue weighted by Crippen LogP contribution is -2.19. The van der Waals surface area contributed by atoms with Crippen molar-refractivity contribution in [1.29, 1.82) is 0 Å². The van der Waals surface area contributed by atoms with Crippen molar-refractivity contribution in [3.8, 4) is 0 Å². The van der Waals surface area contributed by atoms with Gasteiger partial charge in [0, 0.05) is 12.0 Å². The number of aromatic amines is 1. The van der Waals surface area contributed by atoms with Crippen molar-refractivity contribution in [2.75, 3.05) is 6.54 Å². The first-order chi connectivity index (χ1) is 7.02. The molecule has 2 rings (SSSR count). The van der Waals surface area contributed by atoms with Crippen LogP contribution in [0.1, 0.15) is 30.9 Å². The number of nitrogens with one attached hydrogen (secondary N) is 1. The van der Waals surface area contributed by atoms with Gasteiger partial charge in [0.1, 0.15) is 5.82 Å². The van der Waals surface area contributed by atoms with Crippen LogP contribution in [-0.2, 0) is 19.3 Å². The molecule has 82 valence electrons. The molecule has 0 fully saturated rings. The predicted octanol–water partition coefficient (Wildman–Crippen LogP) is 0.396. The van der Waals surface area contributed by atoms with Gasteiger partial charge in [-0.1, -0.05) is 13.8 Å².